The number of ether oxygens (including phenoxy) is 6. The quantitative estimate of drug-likeness (QED) is 0.0804. The van der Waals surface area contributed by atoms with Crippen LogP contribution in [0.3, 0.4) is 0 Å². The van der Waals surface area contributed by atoms with E-state index in [1.54, 1.807) is 13.8 Å². The molecule has 3 aliphatic carbocycles. The SMILES string of the molecule is COC(=O)[C@@]12OC[C@]34C(C(O)C1O)[C@@]1(C)C=C(O[C@@H]5O[C@H](CO)[C@@H](O)[C@H](O)[C@H]5O)C(=O)C(C)C1C[C@H]3OC(=O)[C@H](OC(=O)/C=C(\C)C(C)(C)O)[C@H]42. The lowest BCUT2D eigenvalue weighted by Crippen LogP contribution is -2.79. The Bertz CT molecular complexity index is 1530. The minimum Gasteiger partial charge on any atom is -0.467 e. The lowest BCUT2D eigenvalue weighted by molar-refractivity contribution is -0.296. The number of methoxy groups -OCH3 is 1. The molecule has 3 heterocycles. The minimum absolute atomic E-state index is 0.00772. The van der Waals surface area contributed by atoms with E-state index in [0.29, 0.717) is 0 Å². The molecule has 0 aromatic heterocycles. The Morgan fingerprint density at radius 2 is 1.73 bits per heavy atom. The fourth-order valence-corrected chi connectivity index (χ4v) is 9.69. The summed E-state index contributed by atoms with van der Waals surface area (Å²) in [7, 11) is 1.03. The summed E-state index contributed by atoms with van der Waals surface area (Å²) in [6, 6.07) is 0. The summed E-state index contributed by atoms with van der Waals surface area (Å²) < 4.78 is 34.2. The van der Waals surface area contributed by atoms with Crippen LogP contribution in [0, 0.1) is 34.5 Å². The van der Waals surface area contributed by atoms with Gasteiger partial charge in [0.15, 0.2) is 11.5 Å². The number of aliphatic hydroxyl groups is 7. The molecular weight excluding hydrogens is 680 g/mol. The van der Waals surface area contributed by atoms with E-state index in [-0.39, 0.29) is 24.4 Å². The topological polar surface area (TPSA) is 265 Å². The number of hydrogen-bond acceptors (Lipinski definition) is 17. The number of hydrogen-bond donors (Lipinski definition) is 7. The summed E-state index contributed by atoms with van der Waals surface area (Å²) in [6.45, 7) is 6.50. The van der Waals surface area contributed by atoms with Crippen LogP contribution in [0.15, 0.2) is 23.5 Å². The molecule has 284 valence electrons. The molecule has 17 nitrogen and oxygen atoms in total. The second-order valence-electron chi connectivity index (χ2n) is 15.4. The summed E-state index contributed by atoms with van der Waals surface area (Å²) in [5.74, 6) is -8.35. The van der Waals surface area contributed by atoms with Crippen molar-refractivity contribution in [2.45, 2.75) is 107 Å². The zero-order valence-corrected chi connectivity index (χ0v) is 29.0. The second-order valence-corrected chi connectivity index (χ2v) is 15.4. The van der Waals surface area contributed by atoms with Crippen molar-refractivity contribution in [2.24, 2.45) is 34.5 Å². The third-order valence-electron chi connectivity index (χ3n) is 12.5. The van der Waals surface area contributed by atoms with Gasteiger partial charge in [0.05, 0.1) is 37.9 Å². The van der Waals surface area contributed by atoms with Crippen LogP contribution in [-0.2, 0) is 47.6 Å². The zero-order chi connectivity index (χ0) is 37.7. The van der Waals surface area contributed by atoms with Gasteiger partial charge in [-0.1, -0.05) is 13.8 Å². The molecule has 0 radical (unpaired) electrons. The maximum absolute atomic E-state index is 13.8. The van der Waals surface area contributed by atoms with Crippen LogP contribution in [0.1, 0.15) is 41.0 Å². The highest BCUT2D eigenvalue weighted by atomic mass is 16.7. The fourth-order valence-electron chi connectivity index (χ4n) is 9.69. The maximum atomic E-state index is 13.8. The van der Waals surface area contributed by atoms with E-state index in [0.717, 1.165) is 13.2 Å². The van der Waals surface area contributed by atoms with Crippen LogP contribution >= 0.6 is 0 Å². The van der Waals surface area contributed by atoms with Crippen LogP contribution in [0.5, 0.6) is 0 Å². The molecule has 0 aromatic rings. The normalized spacial score (nSPS) is 47.7. The molecule has 16 atom stereocenters. The number of Topliss-reactive ketones (excluding diaryl/α,β-unsaturated/α-hetero) is 1. The van der Waals surface area contributed by atoms with Crippen molar-refractivity contribution in [1.29, 1.82) is 0 Å². The Kier molecular flexibility index (Phi) is 9.29. The van der Waals surface area contributed by atoms with Crippen LogP contribution in [-0.4, -0.2) is 146 Å². The van der Waals surface area contributed by atoms with Gasteiger partial charge < -0.3 is 64.2 Å². The molecule has 0 aromatic carbocycles. The lowest BCUT2D eigenvalue weighted by atomic mass is 9.38. The number of carbonyl (C=O) groups is 4. The van der Waals surface area contributed by atoms with Gasteiger partial charge in [-0.25, -0.2) is 14.4 Å². The van der Waals surface area contributed by atoms with Crippen molar-refractivity contribution in [3.05, 3.63) is 23.5 Å². The molecule has 0 amide bonds. The molecule has 3 aliphatic heterocycles. The first-order valence-corrected chi connectivity index (χ1v) is 16.9. The first-order chi connectivity index (χ1) is 23.7. The Hall–Kier alpha value is -3.00. The predicted molar refractivity (Wildman–Crippen MR) is 165 cm³/mol. The Morgan fingerprint density at radius 3 is 2.33 bits per heavy atom. The Labute approximate surface area is 292 Å². The molecule has 17 heteroatoms. The third-order valence-corrected chi connectivity index (χ3v) is 12.5. The number of fused-ring (bicyclic) bond motifs is 2. The molecule has 2 saturated carbocycles. The number of allylic oxidation sites excluding steroid dienone is 2. The van der Waals surface area contributed by atoms with Crippen LogP contribution in [0.25, 0.3) is 0 Å². The van der Waals surface area contributed by atoms with Crippen molar-refractivity contribution >= 4 is 23.7 Å². The predicted octanol–water partition coefficient (Wildman–Crippen LogP) is -2.62. The number of esters is 3. The molecule has 5 fully saturated rings. The van der Waals surface area contributed by atoms with Crippen molar-refractivity contribution in [1.82, 2.24) is 0 Å². The minimum atomic E-state index is -2.40. The molecule has 1 spiro atoms. The Balaban J connectivity index is 1.47. The maximum Gasteiger partial charge on any atom is 0.348 e. The van der Waals surface area contributed by atoms with Crippen molar-refractivity contribution in [3.63, 3.8) is 0 Å². The molecule has 51 heavy (non-hydrogen) atoms. The van der Waals surface area contributed by atoms with E-state index in [1.165, 1.54) is 26.8 Å². The third kappa shape index (κ3) is 5.22. The van der Waals surface area contributed by atoms with Gasteiger partial charge in [-0.15, -0.1) is 0 Å². The van der Waals surface area contributed by atoms with E-state index in [2.05, 4.69) is 0 Å². The van der Waals surface area contributed by atoms with Gasteiger partial charge in [-0.3, -0.25) is 4.79 Å². The number of ketones is 1. The standard InChI is InChI=1S/C34H46O17/c1-12(31(3,4)45)7-18(36)51-24-26-33-11-47-34(26,30(44)46-6)27(42)23(41)25(33)32(5)9-15(19(37)13(2)14(32)8-17(33)50-28(24)43)48-29-22(40)21(39)20(38)16(10-35)49-29/h7,9,13-14,16-17,20-27,29,35,38-42,45H,8,10-11H2,1-6H3/b12-7+/t13?,14?,16-,17-,20-,21+,22-,23?,24-,25?,26-,27?,29-,32+,33-,34+/m1/s1. The summed E-state index contributed by atoms with van der Waals surface area (Å²) in [5.41, 5.74) is -6.49. The molecule has 5 unspecified atom stereocenters. The smallest absolute Gasteiger partial charge is 0.348 e. The monoisotopic (exact) mass is 726 g/mol. The zero-order valence-electron chi connectivity index (χ0n) is 29.0. The van der Waals surface area contributed by atoms with Crippen LogP contribution in [0.2, 0.25) is 0 Å². The molecule has 3 saturated heterocycles. The molecule has 7 N–H and O–H groups in total. The van der Waals surface area contributed by atoms with Crippen molar-refractivity contribution in [3.8, 4) is 0 Å². The van der Waals surface area contributed by atoms with Gasteiger partial charge in [0.2, 0.25) is 18.0 Å². The summed E-state index contributed by atoms with van der Waals surface area (Å²) in [6.07, 6.45) is -12.8. The van der Waals surface area contributed by atoms with E-state index in [9.17, 15) is 54.9 Å². The molecule has 6 aliphatic rings. The van der Waals surface area contributed by atoms with Crippen molar-refractivity contribution < 1.29 is 83.3 Å². The highest BCUT2D eigenvalue weighted by molar-refractivity contribution is 5.97. The van der Waals surface area contributed by atoms with Crippen LogP contribution in [0.4, 0.5) is 0 Å². The molecular formula is C34H46O17. The number of rotatable bonds is 7. The Morgan fingerprint density at radius 1 is 1.06 bits per heavy atom. The van der Waals surface area contributed by atoms with Gasteiger partial charge in [0, 0.05) is 23.3 Å². The second kappa shape index (κ2) is 12.6. The first-order valence-electron chi connectivity index (χ1n) is 16.9. The van der Waals surface area contributed by atoms with E-state index >= 15 is 0 Å². The lowest BCUT2D eigenvalue weighted by Gasteiger charge is -2.67. The van der Waals surface area contributed by atoms with E-state index in [4.69, 9.17) is 28.4 Å². The summed E-state index contributed by atoms with van der Waals surface area (Å²) in [4.78, 5) is 54.5. The average Bonchev–Trinajstić information content (AvgIpc) is 3.37. The molecule has 2 bridgehead atoms. The summed E-state index contributed by atoms with van der Waals surface area (Å²) in [5, 5.41) is 75.2. The van der Waals surface area contributed by atoms with Crippen molar-refractivity contribution in [2.75, 3.05) is 20.3 Å². The van der Waals surface area contributed by atoms with Gasteiger partial charge in [0.1, 0.15) is 36.6 Å². The van der Waals surface area contributed by atoms with Gasteiger partial charge >= 0.3 is 17.9 Å². The van der Waals surface area contributed by atoms with Gasteiger partial charge in [-0.2, -0.15) is 0 Å². The fraction of sp³-hybridized carbons (Fsp3) is 0.765. The average molecular weight is 727 g/mol. The molecule has 6 rings (SSSR count). The van der Waals surface area contributed by atoms with E-state index < -0.39 is 131 Å². The first kappa shape index (κ1) is 37.7. The van der Waals surface area contributed by atoms with Crippen LogP contribution < -0.4 is 0 Å². The van der Waals surface area contributed by atoms with Gasteiger partial charge in [-0.05, 0) is 50.2 Å². The highest BCUT2D eigenvalue weighted by Gasteiger charge is 2.85. The number of aliphatic hydroxyl groups excluding tert-OH is 6. The van der Waals surface area contributed by atoms with E-state index in [1.807, 2.05) is 0 Å². The number of carbonyl (C=O) groups excluding carboxylic acids is 4. The summed E-state index contributed by atoms with van der Waals surface area (Å²) >= 11 is 0. The highest BCUT2D eigenvalue weighted by Crippen LogP contribution is 2.72. The largest absolute Gasteiger partial charge is 0.467 e. The van der Waals surface area contributed by atoms with Gasteiger partial charge in [0.25, 0.3) is 0 Å².